The van der Waals surface area contributed by atoms with E-state index in [-0.39, 0.29) is 11.7 Å². The van der Waals surface area contributed by atoms with E-state index in [1.807, 2.05) is 48.3 Å². The molecule has 0 aromatic heterocycles. The summed E-state index contributed by atoms with van der Waals surface area (Å²) in [6, 6.07) is 15.1. The predicted octanol–water partition coefficient (Wildman–Crippen LogP) is 4.69. The van der Waals surface area contributed by atoms with Crippen molar-refractivity contribution in [3.63, 3.8) is 0 Å². The van der Waals surface area contributed by atoms with E-state index in [2.05, 4.69) is 0 Å². The number of rotatable bonds is 7. The van der Waals surface area contributed by atoms with Gasteiger partial charge in [0.15, 0.2) is 12.2 Å². The maximum atomic E-state index is 12.5. The van der Waals surface area contributed by atoms with Crippen molar-refractivity contribution in [1.82, 2.24) is 4.90 Å². The van der Waals surface area contributed by atoms with Crippen LogP contribution in [0.2, 0.25) is 0 Å². The molecule has 5 heteroatoms. The Morgan fingerprint density at radius 2 is 1.77 bits per heavy atom. The first kappa shape index (κ1) is 21.4. The minimum absolute atomic E-state index is 0.172. The Kier molecular flexibility index (Phi) is 6.30. The van der Waals surface area contributed by atoms with Gasteiger partial charge in [-0.15, -0.1) is 0 Å². The largest absolute Gasteiger partial charge is 0.508 e. The quantitative estimate of drug-likeness (QED) is 0.388. The highest BCUT2D eigenvalue weighted by molar-refractivity contribution is 5.83. The zero-order valence-corrected chi connectivity index (χ0v) is 18.3. The molecule has 1 atom stereocenters. The number of aromatic hydroxyl groups is 1. The lowest BCUT2D eigenvalue weighted by molar-refractivity contribution is -0.113. The number of phenols is 1. The first-order valence-electron chi connectivity index (χ1n) is 11.4. The van der Waals surface area contributed by atoms with Gasteiger partial charge in [0.05, 0.1) is 0 Å². The van der Waals surface area contributed by atoms with E-state index in [1.54, 1.807) is 12.1 Å². The molecule has 31 heavy (non-hydrogen) atoms. The summed E-state index contributed by atoms with van der Waals surface area (Å²) in [5.41, 5.74) is 8.21. The van der Waals surface area contributed by atoms with Crippen molar-refractivity contribution in [2.45, 2.75) is 50.5 Å². The van der Waals surface area contributed by atoms with Gasteiger partial charge in [-0.1, -0.05) is 49.6 Å². The van der Waals surface area contributed by atoms with Crippen molar-refractivity contribution in [3.8, 4) is 16.9 Å². The molecule has 1 unspecified atom stereocenters. The van der Waals surface area contributed by atoms with E-state index in [4.69, 9.17) is 10.7 Å². The summed E-state index contributed by atoms with van der Waals surface area (Å²) in [4.78, 5) is 19.4. The van der Waals surface area contributed by atoms with Gasteiger partial charge in [-0.3, -0.25) is 0 Å². The van der Waals surface area contributed by atoms with Gasteiger partial charge in [-0.2, -0.15) is 0 Å². The molecule has 2 aromatic carbocycles. The molecule has 2 aliphatic carbocycles. The lowest BCUT2D eigenvalue weighted by Crippen LogP contribution is -2.41. The topological polar surface area (TPSA) is 78.9 Å². The molecule has 2 aromatic rings. The van der Waals surface area contributed by atoms with E-state index >= 15 is 0 Å². The second-order valence-electron chi connectivity index (χ2n) is 9.20. The molecule has 2 saturated carbocycles. The lowest BCUT2D eigenvalue weighted by Gasteiger charge is -2.31. The number of aldehydes is 1. The van der Waals surface area contributed by atoms with Crippen molar-refractivity contribution in [2.75, 3.05) is 13.6 Å². The Hall–Kier alpha value is -2.82. The Morgan fingerprint density at radius 1 is 1.10 bits per heavy atom. The van der Waals surface area contributed by atoms with E-state index < -0.39 is 5.54 Å². The van der Waals surface area contributed by atoms with Crippen molar-refractivity contribution >= 4 is 12.2 Å². The summed E-state index contributed by atoms with van der Waals surface area (Å²) in [7, 11) is 1.99. The van der Waals surface area contributed by atoms with E-state index in [0.717, 1.165) is 42.4 Å². The van der Waals surface area contributed by atoms with Crippen LogP contribution in [0.5, 0.6) is 5.75 Å². The first-order chi connectivity index (χ1) is 15.0. The third-order valence-electron chi connectivity index (χ3n) is 6.83. The van der Waals surface area contributed by atoms with Crippen LogP contribution in [0, 0.1) is 11.8 Å². The Morgan fingerprint density at radius 3 is 2.42 bits per heavy atom. The summed E-state index contributed by atoms with van der Waals surface area (Å²) in [5, 5.41) is 9.86. The lowest BCUT2D eigenvalue weighted by atomic mass is 9.85. The highest BCUT2D eigenvalue weighted by atomic mass is 16.3. The highest BCUT2D eigenvalue weighted by Crippen LogP contribution is 2.48. The van der Waals surface area contributed by atoms with Gasteiger partial charge in [-0.25, -0.2) is 4.99 Å². The van der Waals surface area contributed by atoms with E-state index in [0.29, 0.717) is 11.9 Å². The molecule has 0 aliphatic heterocycles. The van der Waals surface area contributed by atoms with Crippen LogP contribution in [0.3, 0.4) is 0 Å². The van der Waals surface area contributed by atoms with Gasteiger partial charge in [0, 0.05) is 13.6 Å². The molecule has 0 saturated heterocycles. The number of benzene rings is 2. The van der Waals surface area contributed by atoms with Crippen LogP contribution < -0.4 is 5.73 Å². The monoisotopic (exact) mass is 419 g/mol. The second kappa shape index (κ2) is 9.13. The Balaban J connectivity index is 1.64. The Bertz CT molecular complexity index is 947. The number of hydrogen-bond donors (Lipinski definition) is 2. The second-order valence-corrected chi connectivity index (χ2v) is 9.20. The molecule has 164 valence electrons. The van der Waals surface area contributed by atoms with Crippen LogP contribution in [0.25, 0.3) is 11.1 Å². The fourth-order valence-corrected chi connectivity index (χ4v) is 4.86. The van der Waals surface area contributed by atoms with Crippen LogP contribution in [-0.2, 0) is 10.3 Å². The summed E-state index contributed by atoms with van der Waals surface area (Å²) < 4.78 is 0. The normalized spacial score (nSPS) is 19.6. The van der Waals surface area contributed by atoms with Crippen molar-refractivity contribution in [1.29, 1.82) is 0 Å². The van der Waals surface area contributed by atoms with Gasteiger partial charge < -0.3 is 20.5 Å². The number of hydrogen-bond acceptors (Lipinski definition) is 3. The number of carbonyl (C=O) groups excluding carboxylic acids is 1. The average molecular weight is 420 g/mol. The number of phenolic OH excluding ortho intramolecular Hbond substituents is 1. The Labute approximate surface area is 185 Å². The smallest absolute Gasteiger partial charge is 0.192 e. The molecule has 0 radical (unpaired) electrons. The third-order valence-corrected chi connectivity index (χ3v) is 6.83. The summed E-state index contributed by atoms with van der Waals surface area (Å²) in [6.07, 6.45) is 9.31. The molecule has 5 nitrogen and oxygen atoms in total. The summed E-state index contributed by atoms with van der Waals surface area (Å²) >= 11 is 0. The van der Waals surface area contributed by atoms with Gasteiger partial charge in [-0.05, 0) is 72.4 Å². The van der Waals surface area contributed by atoms with E-state index in [1.165, 1.54) is 32.1 Å². The molecular formula is C26H33N3O2. The van der Waals surface area contributed by atoms with Crippen LogP contribution in [0.15, 0.2) is 53.5 Å². The fraction of sp³-hybridized carbons (Fsp3) is 0.462. The van der Waals surface area contributed by atoms with Gasteiger partial charge in [0.1, 0.15) is 11.3 Å². The fourth-order valence-electron chi connectivity index (χ4n) is 4.86. The van der Waals surface area contributed by atoms with Crippen molar-refractivity contribution in [2.24, 2.45) is 22.6 Å². The summed E-state index contributed by atoms with van der Waals surface area (Å²) in [6.45, 7) is 0.887. The maximum Gasteiger partial charge on any atom is 0.192 e. The maximum absolute atomic E-state index is 12.5. The SMILES string of the molecule is CN(CC1CCCCC1)C(N)=NC(C=O)(c1cccc(-c2cccc(O)c2)c1)C1CC1. The predicted molar refractivity (Wildman–Crippen MR) is 125 cm³/mol. The molecule has 0 heterocycles. The minimum Gasteiger partial charge on any atom is -0.508 e. The molecule has 0 bridgehead atoms. The summed E-state index contributed by atoms with van der Waals surface area (Å²) in [5.74, 6) is 1.48. The van der Waals surface area contributed by atoms with Crippen LogP contribution in [-0.4, -0.2) is 35.8 Å². The molecule has 2 fully saturated rings. The van der Waals surface area contributed by atoms with Crippen molar-refractivity contribution < 1.29 is 9.90 Å². The molecular weight excluding hydrogens is 386 g/mol. The number of nitrogens with zero attached hydrogens (tertiary/aromatic N) is 2. The van der Waals surface area contributed by atoms with Gasteiger partial charge >= 0.3 is 0 Å². The van der Waals surface area contributed by atoms with Crippen LogP contribution in [0.4, 0.5) is 0 Å². The average Bonchev–Trinajstić information content (AvgIpc) is 3.64. The molecule has 0 amide bonds. The zero-order chi connectivity index (χ0) is 21.8. The molecule has 3 N–H and O–H groups in total. The van der Waals surface area contributed by atoms with E-state index in [9.17, 15) is 9.90 Å². The number of nitrogens with two attached hydrogens (primary N) is 1. The minimum atomic E-state index is -0.961. The molecule has 2 aliphatic rings. The van der Waals surface area contributed by atoms with Crippen LogP contribution in [0.1, 0.15) is 50.5 Å². The van der Waals surface area contributed by atoms with Crippen molar-refractivity contribution in [3.05, 3.63) is 54.1 Å². The third kappa shape index (κ3) is 4.76. The van der Waals surface area contributed by atoms with Crippen LogP contribution >= 0.6 is 0 Å². The number of carbonyl (C=O) groups is 1. The first-order valence-corrected chi connectivity index (χ1v) is 11.4. The zero-order valence-electron chi connectivity index (χ0n) is 18.3. The number of guanidine groups is 1. The molecule has 0 spiro atoms. The highest BCUT2D eigenvalue weighted by Gasteiger charge is 2.47. The van der Waals surface area contributed by atoms with Gasteiger partial charge in [0.25, 0.3) is 0 Å². The standard InChI is InChI=1S/C26H33N3O2/c1-29(17-19-7-3-2-4-8-19)25(27)28-26(18-30,22-13-14-22)23-11-5-9-20(15-23)21-10-6-12-24(31)16-21/h5-6,9-12,15-16,18-19,22,31H,2-4,7-8,13-14,17H2,1H3,(H2,27,28). The number of aliphatic imine (C=N–C) groups is 1. The van der Waals surface area contributed by atoms with Gasteiger partial charge in [0.2, 0.25) is 0 Å². The molecule has 4 rings (SSSR count).